The molecule has 0 atom stereocenters. The molecule has 23 heavy (non-hydrogen) atoms. The summed E-state index contributed by atoms with van der Waals surface area (Å²) in [6, 6.07) is 8.88. The van der Waals surface area contributed by atoms with Crippen LogP contribution in [-0.2, 0) is 16.7 Å². The van der Waals surface area contributed by atoms with Crippen LogP contribution in [0.25, 0.3) is 0 Å². The van der Waals surface area contributed by atoms with E-state index in [-0.39, 0.29) is 22.8 Å². The summed E-state index contributed by atoms with van der Waals surface area (Å²) in [5.74, 6) is 0. The fraction of sp³-hybridized carbons (Fsp3) is 0.214. The number of nitrogens with zero attached hydrogens (tertiary/aromatic N) is 4. The third-order valence-electron chi connectivity index (χ3n) is 2.69. The first-order valence-electron chi connectivity index (χ1n) is 6.19. The highest BCUT2D eigenvalue weighted by atomic mass is 32.2. The van der Waals surface area contributed by atoms with Gasteiger partial charge in [0.2, 0.25) is 0 Å². The molecular weight excluding hydrogens is 318 g/mol. The molecule has 0 unspecified atom stereocenters. The topological polar surface area (TPSA) is 141 Å². The second-order valence-corrected chi connectivity index (χ2v) is 6.14. The van der Waals surface area contributed by atoms with Crippen molar-refractivity contribution < 1.29 is 13.0 Å². The molecule has 0 fully saturated rings. The number of anilines is 1. The molecule has 0 amide bonds. The predicted octanol–water partition coefficient (Wildman–Crippen LogP) is 1.23. The van der Waals surface area contributed by atoms with E-state index in [0.717, 1.165) is 6.07 Å². The van der Waals surface area contributed by atoms with Crippen LogP contribution in [0.1, 0.15) is 5.56 Å². The van der Waals surface area contributed by atoms with Gasteiger partial charge in [0.05, 0.1) is 0 Å². The molecule has 1 aromatic carbocycles. The van der Waals surface area contributed by atoms with Gasteiger partial charge in [0, 0.05) is 12.2 Å². The first-order valence-corrected chi connectivity index (χ1v) is 7.63. The van der Waals surface area contributed by atoms with Crippen molar-refractivity contribution in [2.45, 2.75) is 11.4 Å². The molecule has 0 saturated carbocycles. The quantitative estimate of drug-likeness (QED) is 0.606. The van der Waals surface area contributed by atoms with E-state index in [9.17, 15) is 13.0 Å². The molecule has 2 N–H and O–H groups in total. The van der Waals surface area contributed by atoms with Crippen LogP contribution in [0.15, 0.2) is 34.4 Å². The number of rotatable bonds is 5. The zero-order valence-corrected chi connectivity index (χ0v) is 13.2. The highest BCUT2D eigenvalue weighted by Gasteiger charge is 2.17. The minimum Gasteiger partial charge on any atom is -0.345 e. The van der Waals surface area contributed by atoms with Crippen LogP contribution in [0.2, 0.25) is 0 Å². The van der Waals surface area contributed by atoms with Crippen molar-refractivity contribution in [2.75, 3.05) is 19.4 Å². The summed E-state index contributed by atoms with van der Waals surface area (Å²) in [4.78, 5) is 1.41. The van der Waals surface area contributed by atoms with Crippen LogP contribution in [0.5, 0.6) is 0 Å². The lowest BCUT2D eigenvalue weighted by Gasteiger charge is -2.14. The fourth-order valence-corrected chi connectivity index (χ4v) is 2.51. The Morgan fingerprint density at radius 3 is 2.26 bits per heavy atom. The second-order valence-electron chi connectivity index (χ2n) is 4.75. The molecule has 118 valence electrons. The Bertz CT molecular complexity index is 851. The normalized spacial score (nSPS) is 10.3. The van der Waals surface area contributed by atoms with Gasteiger partial charge in [0.15, 0.2) is 5.57 Å². The van der Waals surface area contributed by atoms with E-state index < -0.39 is 15.7 Å². The molecule has 0 aliphatic heterocycles. The Balaban J connectivity index is 3.38. The Kier molecular flexibility index (Phi) is 5.83. The van der Waals surface area contributed by atoms with E-state index >= 15 is 0 Å². The van der Waals surface area contributed by atoms with E-state index in [1.54, 1.807) is 37.2 Å². The van der Waals surface area contributed by atoms with E-state index in [0.29, 0.717) is 5.56 Å². The monoisotopic (exact) mass is 331 g/mol. The minimum absolute atomic E-state index is 0.152. The molecule has 0 heterocycles. The molecule has 1 aromatic rings. The van der Waals surface area contributed by atoms with Crippen LogP contribution >= 0.6 is 0 Å². The molecule has 9 heteroatoms. The molecule has 0 aromatic heterocycles. The maximum atomic E-state index is 11.5. The summed E-state index contributed by atoms with van der Waals surface area (Å²) in [6.45, 7) is 0.276. The average molecular weight is 331 g/mol. The molecule has 0 saturated heterocycles. The van der Waals surface area contributed by atoms with Gasteiger partial charge < -0.3 is 10.2 Å². The van der Waals surface area contributed by atoms with Crippen molar-refractivity contribution in [1.82, 2.24) is 4.90 Å². The molecule has 0 aliphatic carbocycles. The smallest absolute Gasteiger partial charge is 0.294 e. The second kappa shape index (κ2) is 7.39. The maximum absolute atomic E-state index is 11.5. The molecule has 0 radical (unpaired) electrons. The van der Waals surface area contributed by atoms with E-state index in [1.807, 2.05) is 0 Å². The van der Waals surface area contributed by atoms with Gasteiger partial charge >= 0.3 is 0 Å². The van der Waals surface area contributed by atoms with Gasteiger partial charge in [-0.15, -0.1) is 0 Å². The van der Waals surface area contributed by atoms with Gasteiger partial charge in [-0.25, -0.2) is 0 Å². The number of benzene rings is 1. The summed E-state index contributed by atoms with van der Waals surface area (Å²) in [5, 5.41) is 29.0. The van der Waals surface area contributed by atoms with Gasteiger partial charge in [-0.3, -0.25) is 4.55 Å². The lowest BCUT2D eigenvalue weighted by Crippen LogP contribution is -2.14. The molecule has 0 spiro atoms. The van der Waals surface area contributed by atoms with Gasteiger partial charge in [0.25, 0.3) is 10.1 Å². The van der Waals surface area contributed by atoms with Crippen molar-refractivity contribution in [3.8, 4) is 18.2 Å². The van der Waals surface area contributed by atoms with Crippen molar-refractivity contribution in [3.05, 3.63) is 35.0 Å². The van der Waals surface area contributed by atoms with Crippen LogP contribution in [0, 0.1) is 34.0 Å². The summed E-state index contributed by atoms with van der Waals surface area (Å²) >= 11 is 0. The first kappa shape index (κ1) is 18.1. The van der Waals surface area contributed by atoms with E-state index in [2.05, 4.69) is 5.32 Å². The lowest BCUT2D eigenvalue weighted by atomic mass is 10.2. The third kappa shape index (κ3) is 4.80. The SMILES string of the molecule is CN(C)Cc1ccc(NC(C#N)=C(C#N)C#N)cc1S(=O)(=O)O. The number of allylic oxidation sites excluding steroid dienone is 2. The first-order chi connectivity index (χ1) is 10.7. The molecule has 1 rings (SSSR count). The molecule has 8 nitrogen and oxygen atoms in total. The number of hydrogen-bond donors (Lipinski definition) is 2. The van der Waals surface area contributed by atoms with Gasteiger partial charge in [-0.2, -0.15) is 24.2 Å². The summed E-state index contributed by atoms with van der Waals surface area (Å²) in [7, 11) is -0.994. The zero-order valence-electron chi connectivity index (χ0n) is 12.4. The third-order valence-corrected chi connectivity index (χ3v) is 3.62. The number of hydrogen-bond acceptors (Lipinski definition) is 7. The maximum Gasteiger partial charge on any atom is 0.294 e. The van der Waals surface area contributed by atoms with Crippen LogP contribution in [0.4, 0.5) is 5.69 Å². The Hall–Kier alpha value is -2.90. The van der Waals surface area contributed by atoms with Crippen LogP contribution in [0.3, 0.4) is 0 Å². The summed E-state index contributed by atoms with van der Waals surface area (Å²) in [5.41, 5.74) is -0.221. The van der Waals surface area contributed by atoms with Crippen molar-refractivity contribution >= 4 is 15.8 Å². The number of nitrogens with one attached hydrogen (secondary N) is 1. The zero-order chi connectivity index (χ0) is 17.6. The minimum atomic E-state index is -4.47. The van der Waals surface area contributed by atoms with Crippen LogP contribution < -0.4 is 5.32 Å². The predicted molar refractivity (Wildman–Crippen MR) is 81.1 cm³/mol. The lowest BCUT2D eigenvalue weighted by molar-refractivity contribution is 0.397. The highest BCUT2D eigenvalue weighted by molar-refractivity contribution is 7.85. The van der Waals surface area contributed by atoms with Crippen molar-refractivity contribution in [2.24, 2.45) is 0 Å². The Morgan fingerprint density at radius 2 is 1.83 bits per heavy atom. The van der Waals surface area contributed by atoms with Crippen LogP contribution in [-0.4, -0.2) is 32.0 Å². The average Bonchev–Trinajstić information content (AvgIpc) is 2.47. The van der Waals surface area contributed by atoms with Crippen molar-refractivity contribution in [3.63, 3.8) is 0 Å². The fourth-order valence-electron chi connectivity index (χ4n) is 1.77. The van der Waals surface area contributed by atoms with Gasteiger partial charge in [0.1, 0.15) is 28.8 Å². The highest BCUT2D eigenvalue weighted by Crippen LogP contribution is 2.23. The Morgan fingerprint density at radius 1 is 1.22 bits per heavy atom. The van der Waals surface area contributed by atoms with Crippen molar-refractivity contribution in [1.29, 1.82) is 15.8 Å². The van der Waals surface area contributed by atoms with E-state index in [1.165, 1.54) is 12.1 Å². The Labute approximate surface area is 134 Å². The molecular formula is C14H13N5O3S. The van der Waals surface area contributed by atoms with Gasteiger partial charge in [-0.1, -0.05) is 6.07 Å². The molecule has 0 bridgehead atoms. The van der Waals surface area contributed by atoms with Gasteiger partial charge in [-0.05, 0) is 31.8 Å². The number of nitriles is 3. The van der Waals surface area contributed by atoms with E-state index in [4.69, 9.17) is 15.8 Å². The molecule has 0 aliphatic rings. The summed E-state index contributed by atoms with van der Waals surface area (Å²) < 4.78 is 32.4. The largest absolute Gasteiger partial charge is 0.345 e. The summed E-state index contributed by atoms with van der Waals surface area (Å²) in [6.07, 6.45) is 0. The standard InChI is InChI=1S/C14H13N5O3S/c1-19(2)9-10-3-4-12(5-14(10)23(20,21)22)18-13(8-17)11(6-15)7-16/h3-5,18H,9H2,1-2H3,(H,20,21,22).